The van der Waals surface area contributed by atoms with Crippen LogP contribution in [0.4, 0.5) is 10.5 Å². The van der Waals surface area contributed by atoms with Crippen LogP contribution >= 0.6 is 15.9 Å². The van der Waals surface area contributed by atoms with E-state index in [-0.39, 0.29) is 12.5 Å². The molecule has 0 aromatic carbocycles. The third-order valence-electron chi connectivity index (χ3n) is 3.45. The van der Waals surface area contributed by atoms with E-state index in [0.29, 0.717) is 6.54 Å². The number of piperazine rings is 1. The highest BCUT2D eigenvalue weighted by Crippen LogP contribution is 2.33. The van der Waals surface area contributed by atoms with Gasteiger partial charge in [-0.2, -0.15) is 0 Å². The zero-order valence-corrected chi connectivity index (χ0v) is 13.8. The molecule has 1 fully saturated rings. The maximum atomic E-state index is 12.6. The summed E-state index contributed by atoms with van der Waals surface area (Å²) < 4.78 is 0.820. The van der Waals surface area contributed by atoms with Crippen LogP contribution in [0.25, 0.3) is 0 Å². The molecule has 2 rings (SSSR count). The van der Waals surface area contributed by atoms with Gasteiger partial charge in [-0.25, -0.2) is 9.69 Å². The van der Waals surface area contributed by atoms with Gasteiger partial charge in [-0.3, -0.25) is 9.78 Å². The van der Waals surface area contributed by atoms with Gasteiger partial charge in [-0.05, 0) is 27.4 Å². The Balaban J connectivity index is 2.42. The topological polar surface area (TPSA) is 73.7 Å². The molecule has 6 nitrogen and oxygen atoms in total. The van der Waals surface area contributed by atoms with E-state index >= 15 is 0 Å². The first-order chi connectivity index (χ1) is 9.71. The largest absolute Gasteiger partial charge is 0.465 e. The summed E-state index contributed by atoms with van der Waals surface area (Å²) in [5.41, 5.74) is 0.413. The van der Waals surface area contributed by atoms with Gasteiger partial charge in [0.15, 0.2) is 0 Å². The van der Waals surface area contributed by atoms with Crippen molar-refractivity contribution < 1.29 is 14.7 Å². The molecule has 1 N–H and O–H groups in total. The van der Waals surface area contributed by atoms with Crippen molar-refractivity contribution in [2.75, 3.05) is 18.0 Å². The quantitative estimate of drug-likeness (QED) is 0.837. The average molecular weight is 356 g/mol. The second kappa shape index (κ2) is 5.63. The summed E-state index contributed by atoms with van der Waals surface area (Å²) in [6.07, 6.45) is 2.17. The molecule has 1 aromatic heterocycles. The van der Waals surface area contributed by atoms with Crippen molar-refractivity contribution >= 4 is 33.6 Å². The number of rotatable bonds is 1. The number of carboxylic acid groups (broad SMARTS) is 1. The normalized spacial score (nSPS) is 19.8. The van der Waals surface area contributed by atoms with Gasteiger partial charge in [-0.1, -0.05) is 20.8 Å². The van der Waals surface area contributed by atoms with Crippen LogP contribution in [-0.4, -0.2) is 46.1 Å². The van der Waals surface area contributed by atoms with Crippen LogP contribution in [0.1, 0.15) is 20.8 Å². The van der Waals surface area contributed by atoms with Crippen molar-refractivity contribution in [2.45, 2.75) is 26.8 Å². The summed E-state index contributed by atoms with van der Waals surface area (Å²) in [7, 11) is 0. The van der Waals surface area contributed by atoms with Gasteiger partial charge in [0.1, 0.15) is 6.04 Å². The molecule has 0 radical (unpaired) electrons. The molecule has 2 heterocycles. The minimum absolute atomic E-state index is 0.160. The lowest BCUT2D eigenvalue weighted by Crippen LogP contribution is -2.62. The molecular weight excluding hydrogens is 338 g/mol. The zero-order valence-electron chi connectivity index (χ0n) is 12.2. The van der Waals surface area contributed by atoms with Crippen molar-refractivity contribution in [2.24, 2.45) is 5.41 Å². The van der Waals surface area contributed by atoms with Crippen molar-refractivity contribution in [1.82, 2.24) is 9.88 Å². The molecule has 1 aliphatic rings. The molecule has 1 aromatic rings. The highest BCUT2D eigenvalue weighted by Gasteiger charge is 2.44. The number of hydrogen-bond acceptors (Lipinski definition) is 4. The summed E-state index contributed by atoms with van der Waals surface area (Å²) in [6.45, 7) is 6.41. The zero-order chi connectivity index (χ0) is 15.8. The van der Waals surface area contributed by atoms with E-state index in [4.69, 9.17) is 5.11 Å². The molecule has 0 bridgehead atoms. The second-order valence-corrected chi connectivity index (χ2v) is 7.01. The number of carbonyl (C=O) groups excluding carboxylic acids is 1. The van der Waals surface area contributed by atoms with E-state index in [1.807, 2.05) is 31.7 Å². The van der Waals surface area contributed by atoms with Crippen LogP contribution in [0.2, 0.25) is 0 Å². The molecule has 1 unspecified atom stereocenters. The van der Waals surface area contributed by atoms with Gasteiger partial charge in [0, 0.05) is 23.8 Å². The Hall–Kier alpha value is -1.63. The summed E-state index contributed by atoms with van der Waals surface area (Å²) in [5, 5.41) is 9.16. The third kappa shape index (κ3) is 3.18. The Morgan fingerprint density at radius 3 is 2.57 bits per heavy atom. The molecule has 7 heteroatoms. The van der Waals surface area contributed by atoms with Gasteiger partial charge in [0.2, 0.25) is 0 Å². The highest BCUT2D eigenvalue weighted by molar-refractivity contribution is 9.10. The number of aromatic nitrogens is 1. The molecular formula is C14H18BrN3O3. The Labute approximate surface area is 131 Å². The Bertz CT molecular complexity index is 571. The van der Waals surface area contributed by atoms with E-state index in [1.165, 1.54) is 0 Å². The SMILES string of the molecule is CC(C)(C)C1C(=O)N(C(=O)O)CCN1c1cncc(Br)c1. The first kappa shape index (κ1) is 15.8. The van der Waals surface area contributed by atoms with Gasteiger partial charge < -0.3 is 10.0 Å². The molecule has 1 saturated heterocycles. The van der Waals surface area contributed by atoms with Crippen LogP contribution < -0.4 is 4.90 Å². The molecule has 21 heavy (non-hydrogen) atoms. The number of nitrogens with zero attached hydrogens (tertiary/aromatic N) is 3. The van der Waals surface area contributed by atoms with E-state index in [0.717, 1.165) is 15.1 Å². The van der Waals surface area contributed by atoms with Crippen LogP contribution in [0, 0.1) is 5.41 Å². The molecule has 2 amide bonds. The second-order valence-electron chi connectivity index (χ2n) is 6.10. The van der Waals surface area contributed by atoms with Gasteiger partial charge in [0.05, 0.1) is 11.9 Å². The standard InChI is InChI=1S/C14H18BrN3O3/c1-14(2,3)11-12(19)18(13(20)21)5-4-17(11)10-6-9(15)7-16-8-10/h6-8,11H,4-5H2,1-3H3,(H,20,21). The highest BCUT2D eigenvalue weighted by atomic mass is 79.9. The van der Waals surface area contributed by atoms with E-state index in [9.17, 15) is 9.59 Å². The van der Waals surface area contributed by atoms with Crippen molar-refractivity contribution in [3.63, 3.8) is 0 Å². The van der Waals surface area contributed by atoms with Gasteiger partial charge >= 0.3 is 6.09 Å². The number of hydrogen-bond donors (Lipinski definition) is 1. The fourth-order valence-electron chi connectivity index (χ4n) is 2.59. The summed E-state index contributed by atoms with van der Waals surface area (Å²) in [5.74, 6) is -0.388. The third-order valence-corrected chi connectivity index (χ3v) is 3.88. The van der Waals surface area contributed by atoms with Crippen LogP contribution in [-0.2, 0) is 4.79 Å². The molecule has 1 aliphatic heterocycles. The van der Waals surface area contributed by atoms with Crippen molar-refractivity contribution in [1.29, 1.82) is 0 Å². The van der Waals surface area contributed by atoms with E-state index in [2.05, 4.69) is 20.9 Å². The fraction of sp³-hybridized carbons (Fsp3) is 0.500. The molecule has 0 spiro atoms. The molecule has 0 aliphatic carbocycles. The number of carbonyl (C=O) groups is 2. The predicted octanol–water partition coefficient (Wildman–Crippen LogP) is 2.59. The number of amides is 2. The monoisotopic (exact) mass is 355 g/mol. The van der Waals surface area contributed by atoms with Crippen molar-refractivity contribution in [3.05, 3.63) is 22.9 Å². The number of anilines is 1. The van der Waals surface area contributed by atoms with Crippen LogP contribution in [0.3, 0.4) is 0 Å². The molecule has 1 atom stereocenters. The summed E-state index contributed by atoms with van der Waals surface area (Å²) in [4.78, 5) is 30.7. The molecule has 114 valence electrons. The van der Waals surface area contributed by atoms with Crippen molar-refractivity contribution in [3.8, 4) is 0 Å². The Morgan fingerprint density at radius 2 is 2.05 bits per heavy atom. The lowest BCUT2D eigenvalue weighted by molar-refractivity contribution is -0.134. The minimum atomic E-state index is -1.19. The van der Waals surface area contributed by atoms with Crippen LogP contribution in [0.15, 0.2) is 22.9 Å². The molecule has 0 saturated carbocycles. The number of pyridine rings is 1. The lowest BCUT2D eigenvalue weighted by Gasteiger charge is -2.45. The average Bonchev–Trinajstić information content (AvgIpc) is 2.36. The fourth-order valence-corrected chi connectivity index (χ4v) is 2.94. The smallest absolute Gasteiger partial charge is 0.414 e. The minimum Gasteiger partial charge on any atom is -0.465 e. The Kier molecular flexibility index (Phi) is 4.22. The van der Waals surface area contributed by atoms with Gasteiger partial charge in [-0.15, -0.1) is 0 Å². The number of halogens is 1. The van der Waals surface area contributed by atoms with E-state index in [1.54, 1.807) is 12.4 Å². The first-order valence-corrected chi connectivity index (χ1v) is 7.42. The first-order valence-electron chi connectivity index (χ1n) is 6.63. The Morgan fingerprint density at radius 1 is 1.38 bits per heavy atom. The van der Waals surface area contributed by atoms with Crippen LogP contribution in [0.5, 0.6) is 0 Å². The maximum Gasteiger partial charge on any atom is 0.414 e. The maximum absolute atomic E-state index is 12.6. The van der Waals surface area contributed by atoms with E-state index < -0.39 is 17.6 Å². The summed E-state index contributed by atoms with van der Waals surface area (Å²) >= 11 is 3.37. The summed E-state index contributed by atoms with van der Waals surface area (Å²) in [6, 6.07) is 1.34. The van der Waals surface area contributed by atoms with Gasteiger partial charge in [0.25, 0.3) is 5.91 Å². The number of imide groups is 1. The predicted molar refractivity (Wildman–Crippen MR) is 82.3 cm³/mol. The lowest BCUT2D eigenvalue weighted by atomic mass is 9.83.